The summed E-state index contributed by atoms with van der Waals surface area (Å²) in [6.45, 7) is 1.99. The van der Waals surface area contributed by atoms with Crippen LogP contribution in [0.5, 0.6) is 17.2 Å². The number of hydrogen-bond acceptors (Lipinski definition) is 8. The fourth-order valence-electron chi connectivity index (χ4n) is 2.54. The molecule has 0 saturated carbocycles. The van der Waals surface area contributed by atoms with Crippen molar-refractivity contribution in [3.63, 3.8) is 0 Å². The first kappa shape index (κ1) is 21.5. The van der Waals surface area contributed by atoms with E-state index in [0.29, 0.717) is 5.75 Å². The van der Waals surface area contributed by atoms with E-state index in [1.54, 1.807) is 6.92 Å². The van der Waals surface area contributed by atoms with E-state index in [4.69, 9.17) is 18.9 Å². The van der Waals surface area contributed by atoms with E-state index in [9.17, 15) is 19.7 Å². The highest BCUT2D eigenvalue weighted by atomic mass is 16.6. The summed E-state index contributed by atoms with van der Waals surface area (Å²) in [6, 6.07) is 6.67. The van der Waals surface area contributed by atoms with Gasteiger partial charge in [-0.25, -0.2) is 4.79 Å². The molecule has 0 heterocycles. The predicted molar refractivity (Wildman–Crippen MR) is 103 cm³/mol. The summed E-state index contributed by atoms with van der Waals surface area (Å²) in [5.74, 6) is -0.852. The first-order chi connectivity index (χ1) is 13.9. The molecule has 2 aromatic rings. The monoisotopic (exact) mass is 404 g/mol. The van der Waals surface area contributed by atoms with Gasteiger partial charge in [-0.1, -0.05) is 0 Å². The number of benzene rings is 2. The predicted octanol–water partition coefficient (Wildman–Crippen LogP) is 3.05. The number of nitro groups is 1. The number of rotatable bonds is 8. The lowest BCUT2D eigenvalue weighted by atomic mass is 10.1. The molecule has 0 bridgehead atoms. The summed E-state index contributed by atoms with van der Waals surface area (Å²) in [4.78, 5) is 35.6. The maximum Gasteiger partial charge on any atom is 0.340 e. The number of nitro benzene ring substituents is 1. The van der Waals surface area contributed by atoms with Gasteiger partial charge < -0.3 is 24.3 Å². The van der Waals surface area contributed by atoms with Crippen LogP contribution in [-0.4, -0.2) is 44.7 Å². The van der Waals surface area contributed by atoms with Gasteiger partial charge in [0.05, 0.1) is 50.2 Å². The van der Waals surface area contributed by atoms with Crippen molar-refractivity contribution in [1.29, 1.82) is 0 Å². The highest BCUT2D eigenvalue weighted by molar-refractivity contribution is 6.10. The Bertz CT molecular complexity index is 942. The lowest BCUT2D eigenvalue weighted by molar-refractivity contribution is -0.385. The molecule has 154 valence electrons. The lowest BCUT2D eigenvalue weighted by Crippen LogP contribution is -2.17. The Morgan fingerprint density at radius 1 is 1.03 bits per heavy atom. The number of esters is 1. The number of carbonyl (C=O) groups excluding carboxylic acids is 2. The van der Waals surface area contributed by atoms with Crippen molar-refractivity contribution in [2.45, 2.75) is 6.92 Å². The van der Waals surface area contributed by atoms with Crippen LogP contribution in [0.1, 0.15) is 27.6 Å². The van der Waals surface area contributed by atoms with Gasteiger partial charge in [0.1, 0.15) is 11.3 Å². The second-order valence-electron chi connectivity index (χ2n) is 5.57. The molecule has 10 nitrogen and oxygen atoms in total. The Kier molecular flexibility index (Phi) is 6.96. The van der Waals surface area contributed by atoms with Gasteiger partial charge in [-0.05, 0) is 25.1 Å². The largest absolute Gasteiger partial charge is 0.497 e. The molecule has 0 radical (unpaired) electrons. The zero-order valence-electron chi connectivity index (χ0n) is 16.3. The highest BCUT2D eigenvalue weighted by Crippen LogP contribution is 2.35. The Hall–Kier alpha value is -3.82. The molecule has 0 aliphatic heterocycles. The molecule has 10 heteroatoms. The van der Waals surface area contributed by atoms with Crippen LogP contribution in [0, 0.1) is 10.1 Å². The molecule has 2 rings (SSSR count). The van der Waals surface area contributed by atoms with Crippen molar-refractivity contribution in [3.05, 3.63) is 51.6 Å². The van der Waals surface area contributed by atoms with Crippen LogP contribution in [-0.2, 0) is 4.74 Å². The van der Waals surface area contributed by atoms with E-state index in [1.165, 1.54) is 45.6 Å². The maximum atomic E-state index is 12.8. The Labute approximate surface area is 166 Å². The fourth-order valence-corrected chi connectivity index (χ4v) is 2.54. The van der Waals surface area contributed by atoms with Crippen molar-refractivity contribution in [2.24, 2.45) is 0 Å². The normalized spacial score (nSPS) is 10.1. The smallest absolute Gasteiger partial charge is 0.340 e. The van der Waals surface area contributed by atoms with Crippen LogP contribution in [0.15, 0.2) is 30.3 Å². The van der Waals surface area contributed by atoms with Crippen LogP contribution in [0.3, 0.4) is 0 Å². The van der Waals surface area contributed by atoms with Gasteiger partial charge in [-0.15, -0.1) is 0 Å². The second kappa shape index (κ2) is 9.40. The average Bonchev–Trinajstić information content (AvgIpc) is 2.73. The van der Waals surface area contributed by atoms with Crippen molar-refractivity contribution in [3.8, 4) is 17.2 Å². The van der Waals surface area contributed by atoms with E-state index in [2.05, 4.69) is 5.32 Å². The number of nitrogens with zero attached hydrogens (tertiary/aromatic N) is 1. The molecule has 2 aromatic carbocycles. The maximum absolute atomic E-state index is 12.8. The van der Waals surface area contributed by atoms with Crippen LogP contribution in [0.4, 0.5) is 11.4 Å². The standard InChI is InChI=1S/C19H20N2O8/c1-5-29-17-9-13(15(21(24)25)10-16(17)27-3)18(22)20-14-7-6-11(26-2)8-12(14)19(23)28-4/h6-10H,5H2,1-4H3,(H,20,22). The third-order valence-corrected chi connectivity index (χ3v) is 3.90. The number of amides is 1. The van der Waals surface area contributed by atoms with E-state index in [-0.39, 0.29) is 34.9 Å². The van der Waals surface area contributed by atoms with E-state index in [0.717, 1.165) is 6.07 Å². The summed E-state index contributed by atoms with van der Waals surface area (Å²) in [6.07, 6.45) is 0. The average molecular weight is 404 g/mol. The molecule has 0 aliphatic carbocycles. The molecule has 0 saturated heterocycles. The summed E-state index contributed by atoms with van der Waals surface area (Å²) >= 11 is 0. The van der Waals surface area contributed by atoms with Gasteiger partial charge in [0.15, 0.2) is 11.5 Å². The molecule has 0 aromatic heterocycles. The summed E-state index contributed by atoms with van der Waals surface area (Å²) in [5, 5.41) is 14.0. The molecular formula is C19H20N2O8. The number of nitrogens with one attached hydrogen (secondary N) is 1. The zero-order valence-corrected chi connectivity index (χ0v) is 16.3. The van der Waals surface area contributed by atoms with E-state index < -0.39 is 22.5 Å². The summed E-state index contributed by atoms with van der Waals surface area (Å²) < 4.78 is 20.3. The SMILES string of the molecule is CCOc1cc(C(=O)Nc2ccc(OC)cc2C(=O)OC)c([N+](=O)[O-])cc1OC. The van der Waals surface area contributed by atoms with E-state index in [1.807, 2.05) is 0 Å². The number of methoxy groups -OCH3 is 3. The topological polar surface area (TPSA) is 126 Å². The Morgan fingerprint density at radius 2 is 1.76 bits per heavy atom. The first-order valence-corrected chi connectivity index (χ1v) is 8.43. The van der Waals surface area contributed by atoms with Crippen LogP contribution >= 0.6 is 0 Å². The van der Waals surface area contributed by atoms with Crippen molar-refractivity contribution >= 4 is 23.3 Å². The fraction of sp³-hybridized carbons (Fsp3) is 0.263. The van der Waals surface area contributed by atoms with Gasteiger partial charge in [0.25, 0.3) is 11.6 Å². The third kappa shape index (κ3) is 4.72. The van der Waals surface area contributed by atoms with Crippen LogP contribution in [0.25, 0.3) is 0 Å². The number of carbonyl (C=O) groups is 2. The van der Waals surface area contributed by atoms with Gasteiger partial charge in [0.2, 0.25) is 0 Å². The lowest BCUT2D eigenvalue weighted by Gasteiger charge is -2.14. The number of hydrogen-bond donors (Lipinski definition) is 1. The molecule has 0 fully saturated rings. The molecule has 29 heavy (non-hydrogen) atoms. The molecule has 0 spiro atoms. The molecule has 0 aliphatic rings. The van der Waals surface area contributed by atoms with Crippen molar-refractivity contribution in [1.82, 2.24) is 0 Å². The first-order valence-electron chi connectivity index (χ1n) is 8.43. The van der Waals surface area contributed by atoms with E-state index >= 15 is 0 Å². The Balaban J connectivity index is 2.51. The molecule has 1 N–H and O–H groups in total. The summed E-state index contributed by atoms with van der Waals surface area (Å²) in [7, 11) is 3.95. The quantitative estimate of drug-likeness (QED) is 0.404. The van der Waals surface area contributed by atoms with Crippen LogP contribution < -0.4 is 19.5 Å². The molecular weight excluding hydrogens is 384 g/mol. The van der Waals surface area contributed by atoms with Crippen molar-refractivity contribution < 1.29 is 33.5 Å². The van der Waals surface area contributed by atoms with Gasteiger partial charge in [-0.2, -0.15) is 0 Å². The summed E-state index contributed by atoms with van der Waals surface area (Å²) in [5.41, 5.74) is -0.603. The van der Waals surface area contributed by atoms with Crippen molar-refractivity contribution in [2.75, 3.05) is 33.3 Å². The second-order valence-corrected chi connectivity index (χ2v) is 5.57. The van der Waals surface area contributed by atoms with Gasteiger partial charge >= 0.3 is 5.97 Å². The van der Waals surface area contributed by atoms with Gasteiger partial charge in [0, 0.05) is 6.07 Å². The number of ether oxygens (including phenoxy) is 4. The van der Waals surface area contributed by atoms with Gasteiger partial charge in [-0.3, -0.25) is 14.9 Å². The Morgan fingerprint density at radius 3 is 2.31 bits per heavy atom. The van der Waals surface area contributed by atoms with Crippen LogP contribution in [0.2, 0.25) is 0 Å². The minimum absolute atomic E-state index is 0.0291. The minimum atomic E-state index is -0.810. The molecule has 0 unspecified atom stereocenters. The number of anilines is 1. The molecule has 0 atom stereocenters. The zero-order chi connectivity index (χ0) is 21.6. The highest BCUT2D eigenvalue weighted by Gasteiger charge is 2.26. The minimum Gasteiger partial charge on any atom is -0.497 e. The third-order valence-electron chi connectivity index (χ3n) is 3.90. The molecule has 1 amide bonds.